The lowest BCUT2D eigenvalue weighted by Gasteiger charge is -2.48. The number of carbonyl (C=O) groups excluding carboxylic acids is 1. The molecule has 0 bridgehead atoms. The summed E-state index contributed by atoms with van der Waals surface area (Å²) in [5.74, 6) is -0.375. The van der Waals surface area contributed by atoms with Gasteiger partial charge in [0.15, 0.2) is 0 Å². The number of β-amino-alcohol motifs (C(OH)–C–C–N with tert-alkyl or cyclic N) is 1. The molecule has 1 aliphatic rings. The Kier molecular flexibility index (Phi) is 3.26. The van der Waals surface area contributed by atoms with E-state index in [1.54, 1.807) is 12.1 Å². The second-order valence-electron chi connectivity index (χ2n) is 5.02. The molecule has 0 saturated carbocycles. The van der Waals surface area contributed by atoms with Crippen molar-refractivity contribution in [1.29, 1.82) is 0 Å². The number of para-hydroxylation sites is 1. The number of hydrogen-bond donors (Lipinski definition) is 2. The number of aliphatic hydroxyl groups is 1. The molecule has 0 aliphatic carbocycles. The molecule has 0 spiro atoms. The van der Waals surface area contributed by atoms with Gasteiger partial charge in [0.05, 0.1) is 18.8 Å². The van der Waals surface area contributed by atoms with Gasteiger partial charge in [0, 0.05) is 0 Å². The minimum atomic E-state index is -0.813. The van der Waals surface area contributed by atoms with Crippen molar-refractivity contribution >= 4 is 11.7 Å². The Hall–Kier alpha value is -1.62. The highest BCUT2D eigenvalue weighted by Gasteiger charge is 2.45. The molecule has 1 fully saturated rings. The Morgan fingerprint density at radius 2 is 2.06 bits per heavy atom. The van der Waals surface area contributed by atoms with Gasteiger partial charge >= 0.3 is 6.03 Å². The summed E-state index contributed by atoms with van der Waals surface area (Å²) in [7, 11) is 0. The van der Waals surface area contributed by atoms with Gasteiger partial charge in [-0.25, -0.2) is 9.18 Å². The number of benzene rings is 1. The van der Waals surface area contributed by atoms with Crippen molar-refractivity contribution < 1.29 is 14.3 Å². The van der Waals surface area contributed by atoms with Crippen LogP contribution < -0.4 is 5.32 Å². The number of halogens is 1. The Balaban J connectivity index is 1.94. The first-order valence-electron chi connectivity index (χ1n) is 5.95. The molecule has 2 amide bonds. The predicted molar refractivity (Wildman–Crippen MR) is 66.8 cm³/mol. The number of nitrogens with zero attached hydrogens (tertiary/aromatic N) is 1. The summed E-state index contributed by atoms with van der Waals surface area (Å²) in [6.45, 7) is 4.38. The Labute approximate surface area is 105 Å². The fourth-order valence-corrected chi connectivity index (χ4v) is 1.88. The van der Waals surface area contributed by atoms with Crippen LogP contribution in [-0.2, 0) is 0 Å². The molecule has 0 radical (unpaired) electrons. The molecule has 1 aromatic carbocycles. The molecule has 2 N–H and O–H groups in total. The summed E-state index contributed by atoms with van der Waals surface area (Å²) in [4.78, 5) is 13.3. The average molecular weight is 252 g/mol. The van der Waals surface area contributed by atoms with Gasteiger partial charge in [0.25, 0.3) is 0 Å². The largest absolute Gasteiger partial charge is 0.386 e. The molecular weight excluding hydrogens is 235 g/mol. The van der Waals surface area contributed by atoms with Crippen LogP contribution in [0.4, 0.5) is 14.9 Å². The van der Waals surface area contributed by atoms with Crippen molar-refractivity contribution in [1.82, 2.24) is 4.90 Å². The van der Waals surface area contributed by atoms with Crippen molar-refractivity contribution in [3.05, 3.63) is 30.1 Å². The third-order valence-corrected chi connectivity index (χ3v) is 3.41. The molecule has 98 valence electrons. The van der Waals surface area contributed by atoms with Crippen LogP contribution in [0.15, 0.2) is 24.3 Å². The third kappa shape index (κ3) is 2.31. The highest BCUT2D eigenvalue weighted by molar-refractivity contribution is 5.90. The molecule has 1 heterocycles. The molecule has 1 aromatic rings. The zero-order valence-electron chi connectivity index (χ0n) is 10.5. The van der Waals surface area contributed by atoms with Gasteiger partial charge in [0.2, 0.25) is 0 Å². The van der Waals surface area contributed by atoms with E-state index in [4.69, 9.17) is 0 Å². The fourth-order valence-electron chi connectivity index (χ4n) is 1.88. The molecule has 0 aromatic heterocycles. The van der Waals surface area contributed by atoms with E-state index < -0.39 is 11.4 Å². The SMILES string of the molecule is CC(C)C1(O)CN(C(=O)Nc2ccccc2F)C1. The van der Waals surface area contributed by atoms with Crippen LogP contribution >= 0.6 is 0 Å². The van der Waals surface area contributed by atoms with Crippen LogP contribution in [0.25, 0.3) is 0 Å². The number of rotatable bonds is 2. The number of anilines is 1. The normalized spacial score (nSPS) is 17.5. The average Bonchev–Trinajstić information content (AvgIpc) is 2.27. The van der Waals surface area contributed by atoms with Gasteiger partial charge < -0.3 is 15.3 Å². The summed E-state index contributed by atoms with van der Waals surface area (Å²) < 4.78 is 13.3. The number of urea groups is 1. The zero-order chi connectivity index (χ0) is 13.3. The van der Waals surface area contributed by atoms with Gasteiger partial charge in [-0.05, 0) is 18.1 Å². The highest BCUT2D eigenvalue weighted by atomic mass is 19.1. The Bertz CT molecular complexity index is 456. The van der Waals surface area contributed by atoms with Gasteiger partial charge in [-0.15, -0.1) is 0 Å². The van der Waals surface area contributed by atoms with Gasteiger partial charge in [-0.3, -0.25) is 0 Å². The van der Waals surface area contributed by atoms with E-state index >= 15 is 0 Å². The monoisotopic (exact) mass is 252 g/mol. The molecule has 4 nitrogen and oxygen atoms in total. The van der Waals surface area contributed by atoms with Crippen LogP contribution in [0.5, 0.6) is 0 Å². The van der Waals surface area contributed by atoms with E-state index in [-0.39, 0.29) is 30.7 Å². The van der Waals surface area contributed by atoms with Crippen molar-refractivity contribution in [2.24, 2.45) is 5.92 Å². The lowest BCUT2D eigenvalue weighted by Crippen LogP contribution is -2.66. The van der Waals surface area contributed by atoms with E-state index in [9.17, 15) is 14.3 Å². The Morgan fingerprint density at radius 3 is 2.61 bits per heavy atom. The van der Waals surface area contributed by atoms with Crippen molar-refractivity contribution in [2.75, 3.05) is 18.4 Å². The van der Waals surface area contributed by atoms with E-state index in [2.05, 4.69) is 5.32 Å². The fraction of sp³-hybridized carbons (Fsp3) is 0.462. The van der Waals surface area contributed by atoms with E-state index in [1.807, 2.05) is 13.8 Å². The van der Waals surface area contributed by atoms with Crippen molar-refractivity contribution in [3.8, 4) is 0 Å². The topological polar surface area (TPSA) is 52.6 Å². The number of amides is 2. The molecule has 1 aliphatic heterocycles. The van der Waals surface area contributed by atoms with Gasteiger partial charge in [-0.2, -0.15) is 0 Å². The predicted octanol–water partition coefficient (Wildman–Crippen LogP) is 2.06. The molecule has 5 heteroatoms. The maximum atomic E-state index is 13.3. The smallest absolute Gasteiger partial charge is 0.322 e. The molecule has 0 atom stereocenters. The number of carbonyl (C=O) groups is 1. The standard InChI is InChI=1S/C13H17FN2O2/c1-9(2)13(18)7-16(8-13)12(17)15-11-6-4-3-5-10(11)14/h3-6,9,18H,7-8H2,1-2H3,(H,15,17). The summed E-state index contributed by atoms with van der Waals surface area (Å²) in [5, 5.41) is 12.5. The summed E-state index contributed by atoms with van der Waals surface area (Å²) in [5.41, 5.74) is -0.658. The first-order valence-corrected chi connectivity index (χ1v) is 5.95. The lowest BCUT2D eigenvalue weighted by molar-refractivity contribution is -0.105. The minimum Gasteiger partial charge on any atom is -0.386 e. The van der Waals surface area contributed by atoms with Gasteiger partial charge in [-0.1, -0.05) is 26.0 Å². The molecule has 18 heavy (non-hydrogen) atoms. The number of likely N-dealkylation sites (tertiary alicyclic amines) is 1. The van der Waals surface area contributed by atoms with Crippen LogP contribution in [0.3, 0.4) is 0 Å². The Morgan fingerprint density at radius 1 is 1.44 bits per heavy atom. The molecule has 1 saturated heterocycles. The summed E-state index contributed by atoms with van der Waals surface area (Å²) >= 11 is 0. The van der Waals surface area contributed by atoms with Gasteiger partial charge in [0.1, 0.15) is 11.4 Å². The minimum absolute atomic E-state index is 0.0926. The first-order chi connectivity index (χ1) is 8.42. The highest BCUT2D eigenvalue weighted by Crippen LogP contribution is 2.29. The lowest BCUT2D eigenvalue weighted by atomic mass is 9.83. The van der Waals surface area contributed by atoms with Crippen LogP contribution in [-0.4, -0.2) is 34.7 Å². The quantitative estimate of drug-likeness (QED) is 0.846. The molecule has 0 unspecified atom stereocenters. The summed E-state index contributed by atoms with van der Waals surface area (Å²) in [6, 6.07) is 5.62. The number of nitrogens with one attached hydrogen (secondary N) is 1. The zero-order valence-corrected chi connectivity index (χ0v) is 10.5. The van der Waals surface area contributed by atoms with E-state index in [1.165, 1.54) is 17.0 Å². The van der Waals surface area contributed by atoms with Crippen LogP contribution in [0.2, 0.25) is 0 Å². The van der Waals surface area contributed by atoms with E-state index in [0.29, 0.717) is 0 Å². The van der Waals surface area contributed by atoms with E-state index in [0.717, 1.165) is 0 Å². The second kappa shape index (κ2) is 4.57. The molecular formula is C13H17FN2O2. The maximum absolute atomic E-state index is 13.3. The summed E-state index contributed by atoms with van der Waals surface area (Å²) in [6.07, 6.45) is 0. The molecule has 2 rings (SSSR count). The number of hydrogen-bond acceptors (Lipinski definition) is 2. The third-order valence-electron chi connectivity index (χ3n) is 3.41. The van der Waals surface area contributed by atoms with Crippen molar-refractivity contribution in [2.45, 2.75) is 19.4 Å². The first kappa shape index (κ1) is 12.8. The van der Waals surface area contributed by atoms with Crippen LogP contribution in [0.1, 0.15) is 13.8 Å². The van der Waals surface area contributed by atoms with Crippen molar-refractivity contribution in [3.63, 3.8) is 0 Å². The van der Waals surface area contributed by atoms with Crippen LogP contribution in [0, 0.1) is 11.7 Å². The maximum Gasteiger partial charge on any atom is 0.322 e. The second-order valence-corrected chi connectivity index (χ2v) is 5.02.